The molecule has 1 unspecified atom stereocenters. The second-order valence-electron chi connectivity index (χ2n) is 2.69. The van der Waals surface area contributed by atoms with Gasteiger partial charge in [0.25, 0.3) is 0 Å². The van der Waals surface area contributed by atoms with Gasteiger partial charge in [0.05, 0.1) is 6.10 Å². The van der Waals surface area contributed by atoms with Crippen LogP contribution < -0.4 is 0 Å². The van der Waals surface area contributed by atoms with Gasteiger partial charge in [0.1, 0.15) is 6.10 Å². The van der Waals surface area contributed by atoms with Gasteiger partial charge in [0, 0.05) is 6.61 Å². The molecule has 12 heavy (non-hydrogen) atoms. The highest BCUT2D eigenvalue weighted by molar-refractivity contribution is 7.52. The Morgan fingerprint density at radius 1 is 1.50 bits per heavy atom. The lowest BCUT2D eigenvalue weighted by molar-refractivity contribution is -0.0217. The minimum atomic E-state index is -4.57. The van der Waals surface area contributed by atoms with E-state index in [0.29, 0.717) is 6.42 Å². The van der Waals surface area contributed by atoms with E-state index in [1.807, 2.05) is 0 Å². The van der Waals surface area contributed by atoms with Gasteiger partial charge < -0.3 is 24.7 Å². The number of hydrogen-bond donors (Lipinski definition) is 4. The average Bonchev–Trinajstić information content (AvgIpc) is 2.31. The Labute approximate surface area is 68.9 Å². The van der Waals surface area contributed by atoms with Crippen LogP contribution in [0.5, 0.6) is 0 Å². The van der Waals surface area contributed by atoms with Crippen LogP contribution in [-0.2, 0) is 9.30 Å². The van der Waals surface area contributed by atoms with Gasteiger partial charge >= 0.3 is 7.60 Å². The van der Waals surface area contributed by atoms with Crippen molar-refractivity contribution in [2.24, 2.45) is 0 Å². The van der Waals surface area contributed by atoms with Crippen molar-refractivity contribution in [3.05, 3.63) is 0 Å². The summed E-state index contributed by atoms with van der Waals surface area (Å²) in [6.07, 6.45) is -1.86. The Bertz CT molecular complexity index is 200. The molecule has 0 aromatic rings. The highest BCUT2D eigenvalue weighted by Crippen LogP contribution is 2.43. The molecule has 0 saturated carbocycles. The molecule has 1 heterocycles. The second-order valence-corrected chi connectivity index (χ2v) is 4.40. The fourth-order valence-electron chi connectivity index (χ4n) is 1.08. The van der Waals surface area contributed by atoms with Gasteiger partial charge in [-0.3, -0.25) is 4.57 Å². The van der Waals surface area contributed by atoms with Crippen molar-refractivity contribution < 1.29 is 29.3 Å². The van der Waals surface area contributed by atoms with Crippen LogP contribution in [0, 0.1) is 0 Å². The lowest BCUT2D eigenvalue weighted by atomic mass is 10.2. The van der Waals surface area contributed by atoms with E-state index in [0.717, 1.165) is 0 Å². The summed E-state index contributed by atoms with van der Waals surface area (Å²) >= 11 is 0. The zero-order valence-electron chi connectivity index (χ0n) is 6.20. The van der Waals surface area contributed by atoms with Crippen molar-refractivity contribution in [3.8, 4) is 0 Å². The molecule has 0 bridgehead atoms. The third-order valence-electron chi connectivity index (χ3n) is 1.74. The van der Waals surface area contributed by atoms with Gasteiger partial charge in [-0.1, -0.05) is 0 Å². The molecule has 1 aliphatic heterocycles. The van der Waals surface area contributed by atoms with Gasteiger partial charge in [-0.2, -0.15) is 0 Å². The fraction of sp³-hybridized carbons (Fsp3) is 1.00. The molecule has 3 atom stereocenters. The smallest absolute Gasteiger partial charge is 0.356 e. The molecule has 0 amide bonds. The molecule has 72 valence electrons. The minimum Gasteiger partial charge on any atom is -0.390 e. The van der Waals surface area contributed by atoms with Crippen LogP contribution in [0.2, 0.25) is 0 Å². The average molecular weight is 198 g/mol. The number of rotatable bonds is 2. The maximum atomic E-state index is 10.5. The molecular formula is C5H11O6P. The van der Waals surface area contributed by atoms with Gasteiger partial charge in [-0.05, 0) is 6.42 Å². The SMILES string of the molecule is O=P(O)(O)C(O)[C@H]1OCC[C@@H]1O. The Hall–Kier alpha value is 0.0300. The Morgan fingerprint density at radius 3 is 2.42 bits per heavy atom. The first-order valence-corrected chi connectivity index (χ1v) is 5.14. The van der Waals surface area contributed by atoms with E-state index in [9.17, 15) is 4.57 Å². The van der Waals surface area contributed by atoms with Crippen LogP contribution in [0.15, 0.2) is 0 Å². The van der Waals surface area contributed by atoms with Crippen LogP contribution in [-0.4, -0.2) is 44.7 Å². The lowest BCUT2D eigenvalue weighted by Gasteiger charge is -2.20. The standard InChI is InChI=1S/C5H11O6P/c6-3-1-2-11-4(3)5(7)12(8,9)10/h3-7H,1-2H2,(H2,8,9,10)/t3-,4-,5?/m0/s1. The summed E-state index contributed by atoms with van der Waals surface area (Å²) in [5.41, 5.74) is 0. The summed E-state index contributed by atoms with van der Waals surface area (Å²) in [6, 6.07) is 0. The van der Waals surface area contributed by atoms with Gasteiger partial charge in [0.2, 0.25) is 0 Å². The molecule has 7 heteroatoms. The molecule has 4 N–H and O–H groups in total. The summed E-state index contributed by atoms with van der Waals surface area (Å²) in [7, 11) is -4.57. The van der Waals surface area contributed by atoms with E-state index in [1.165, 1.54) is 0 Å². The van der Waals surface area contributed by atoms with Crippen LogP contribution >= 0.6 is 7.60 Å². The summed E-state index contributed by atoms with van der Waals surface area (Å²) in [4.78, 5) is 17.1. The van der Waals surface area contributed by atoms with Crippen molar-refractivity contribution >= 4 is 7.60 Å². The summed E-state index contributed by atoms with van der Waals surface area (Å²) in [5.74, 6) is -1.92. The second kappa shape index (κ2) is 3.41. The molecule has 0 aromatic carbocycles. The molecule has 1 fully saturated rings. The zero-order valence-corrected chi connectivity index (χ0v) is 7.09. The largest absolute Gasteiger partial charge is 0.390 e. The van der Waals surface area contributed by atoms with E-state index >= 15 is 0 Å². The Kier molecular flexibility index (Phi) is 2.88. The third-order valence-corrected chi connectivity index (χ3v) is 2.72. The quantitative estimate of drug-likeness (QED) is 0.408. The highest BCUT2D eigenvalue weighted by atomic mass is 31.2. The third kappa shape index (κ3) is 2.04. The first kappa shape index (κ1) is 10.1. The van der Waals surface area contributed by atoms with Crippen molar-refractivity contribution in [1.82, 2.24) is 0 Å². The van der Waals surface area contributed by atoms with E-state index in [2.05, 4.69) is 0 Å². The molecular weight excluding hydrogens is 187 g/mol. The monoisotopic (exact) mass is 198 g/mol. The number of aliphatic hydroxyl groups is 2. The zero-order chi connectivity index (χ0) is 9.35. The normalized spacial score (nSPS) is 33.7. The minimum absolute atomic E-state index is 0.211. The molecule has 1 aliphatic rings. The molecule has 1 rings (SSSR count). The molecule has 0 spiro atoms. The summed E-state index contributed by atoms with van der Waals surface area (Å²) in [5, 5.41) is 18.1. The molecule has 0 aromatic heterocycles. The topological polar surface area (TPSA) is 107 Å². The molecule has 6 nitrogen and oxygen atoms in total. The molecule has 1 saturated heterocycles. The predicted molar refractivity (Wildman–Crippen MR) is 38.4 cm³/mol. The highest BCUT2D eigenvalue weighted by Gasteiger charge is 2.42. The van der Waals surface area contributed by atoms with Gasteiger partial charge in [-0.15, -0.1) is 0 Å². The first-order valence-electron chi connectivity index (χ1n) is 3.46. The van der Waals surface area contributed by atoms with Crippen LogP contribution in [0.3, 0.4) is 0 Å². The van der Waals surface area contributed by atoms with Crippen molar-refractivity contribution in [2.75, 3.05) is 6.61 Å². The van der Waals surface area contributed by atoms with Crippen molar-refractivity contribution in [2.45, 2.75) is 24.5 Å². The van der Waals surface area contributed by atoms with Crippen molar-refractivity contribution in [1.29, 1.82) is 0 Å². The Morgan fingerprint density at radius 2 is 2.08 bits per heavy atom. The van der Waals surface area contributed by atoms with Gasteiger partial charge in [0.15, 0.2) is 5.85 Å². The molecule has 0 aliphatic carbocycles. The van der Waals surface area contributed by atoms with Crippen LogP contribution in [0.25, 0.3) is 0 Å². The lowest BCUT2D eigenvalue weighted by Crippen LogP contribution is -2.34. The van der Waals surface area contributed by atoms with E-state index in [1.54, 1.807) is 0 Å². The van der Waals surface area contributed by atoms with Crippen LogP contribution in [0.4, 0.5) is 0 Å². The van der Waals surface area contributed by atoms with E-state index in [4.69, 9.17) is 24.7 Å². The predicted octanol–water partition coefficient (Wildman–Crippen LogP) is -1.37. The summed E-state index contributed by atoms with van der Waals surface area (Å²) in [6.45, 7) is 0.211. The van der Waals surface area contributed by atoms with Crippen molar-refractivity contribution in [3.63, 3.8) is 0 Å². The number of ether oxygens (including phenoxy) is 1. The Balaban J connectivity index is 2.64. The van der Waals surface area contributed by atoms with E-state index < -0.39 is 25.6 Å². The van der Waals surface area contributed by atoms with E-state index in [-0.39, 0.29) is 6.61 Å². The fourth-order valence-corrected chi connectivity index (χ4v) is 1.74. The van der Waals surface area contributed by atoms with Crippen LogP contribution in [0.1, 0.15) is 6.42 Å². The summed E-state index contributed by atoms with van der Waals surface area (Å²) < 4.78 is 15.3. The maximum Gasteiger partial charge on any atom is 0.356 e. The number of hydrogen-bond acceptors (Lipinski definition) is 4. The van der Waals surface area contributed by atoms with Gasteiger partial charge in [-0.25, -0.2) is 0 Å². The number of aliphatic hydroxyl groups excluding tert-OH is 2. The maximum absolute atomic E-state index is 10.5. The molecule has 0 radical (unpaired) electrons. The first-order chi connectivity index (χ1) is 5.43.